The number of aromatic hydroxyl groups is 1. The van der Waals surface area contributed by atoms with Gasteiger partial charge in [-0.25, -0.2) is 16.8 Å². The number of hydrogen-bond donors (Lipinski definition) is 1. The molecule has 0 radical (unpaired) electrons. The van der Waals surface area contributed by atoms with Gasteiger partial charge in [0.15, 0.2) is 0 Å². The molecule has 0 saturated carbocycles. The van der Waals surface area contributed by atoms with Gasteiger partial charge < -0.3 is 28.1 Å². The Morgan fingerprint density at radius 1 is 0.733 bits per heavy atom. The largest absolute Gasteiger partial charge is 1.00 e. The minimum Gasteiger partial charge on any atom is -0.744 e. The molecule has 4 aromatic rings. The molecular weight excluding hydrogens is 471 g/mol. The van der Waals surface area contributed by atoms with Gasteiger partial charge in [-0.2, -0.15) is 0 Å². The predicted octanol–water partition coefficient (Wildman–Crippen LogP) is -2.15. The van der Waals surface area contributed by atoms with Crippen molar-refractivity contribution in [3.05, 3.63) is 36.4 Å². The summed E-state index contributed by atoms with van der Waals surface area (Å²) in [6, 6.07) is 6.35. The van der Waals surface area contributed by atoms with Crippen LogP contribution in [0.5, 0.6) is 5.75 Å². The van der Waals surface area contributed by atoms with E-state index in [0.717, 1.165) is 12.1 Å². The van der Waals surface area contributed by atoms with Crippen molar-refractivity contribution >= 4 is 63.3 Å². The third kappa shape index (κ3) is 3.66. The Labute approximate surface area is 193 Å². The number of phenols is 1. The van der Waals surface area contributed by atoms with Crippen LogP contribution >= 0.6 is 0 Å². The summed E-state index contributed by atoms with van der Waals surface area (Å²) in [7, 11) is -13.2. The molecule has 0 amide bonds. The second-order valence-electron chi connectivity index (χ2n) is 5.98. The van der Waals surface area contributed by atoms with Crippen LogP contribution in [0.15, 0.2) is 51.1 Å². The van der Waals surface area contributed by atoms with E-state index in [-0.39, 0.29) is 72.2 Å². The fraction of sp³-hybridized carbons (Fsp3) is 0. The van der Waals surface area contributed by atoms with Gasteiger partial charge in [0.05, 0.1) is 9.79 Å². The molecule has 0 aromatic heterocycles. The van der Waals surface area contributed by atoms with Gasteiger partial charge >= 0.3 is 29.6 Å². The van der Waals surface area contributed by atoms with Crippen LogP contribution in [0, 0.1) is 0 Å². The molecular formula is C16H10NaO10S3-. The van der Waals surface area contributed by atoms with Gasteiger partial charge in [0, 0.05) is 16.2 Å². The zero-order chi connectivity index (χ0) is 20.6. The van der Waals surface area contributed by atoms with Crippen molar-refractivity contribution in [3.63, 3.8) is 0 Å². The third-order valence-electron chi connectivity index (χ3n) is 4.48. The Hall–Kier alpha value is -1.55. The second kappa shape index (κ2) is 7.85. The maximum Gasteiger partial charge on any atom is 1.00 e. The molecule has 10 nitrogen and oxygen atoms in total. The average molecular weight is 481 g/mol. The fourth-order valence-electron chi connectivity index (χ4n) is 3.43. The quantitative estimate of drug-likeness (QED) is 0.111. The van der Waals surface area contributed by atoms with E-state index in [1.807, 2.05) is 0 Å². The van der Waals surface area contributed by atoms with Crippen molar-refractivity contribution < 1.29 is 74.5 Å². The Morgan fingerprint density at radius 2 is 1.13 bits per heavy atom. The smallest absolute Gasteiger partial charge is 0.744 e. The van der Waals surface area contributed by atoms with Crippen molar-refractivity contribution in [2.24, 2.45) is 0 Å². The third-order valence-corrected chi connectivity index (χ3v) is 6.93. The van der Waals surface area contributed by atoms with Crippen LogP contribution in [-0.2, 0) is 44.8 Å². The Kier molecular flexibility index (Phi) is 6.47. The predicted molar refractivity (Wildman–Crippen MR) is 99.6 cm³/mol. The first-order chi connectivity index (χ1) is 12.9. The van der Waals surface area contributed by atoms with Crippen LogP contribution in [0.2, 0.25) is 0 Å². The summed E-state index contributed by atoms with van der Waals surface area (Å²) in [6.45, 7) is 0. The van der Waals surface area contributed by atoms with Crippen molar-refractivity contribution in [2.75, 3.05) is 0 Å². The summed E-state index contributed by atoms with van der Waals surface area (Å²) >= 11 is 0. The molecule has 154 valence electrons. The van der Waals surface area contributed by atoms with Gasteiger partial charge in [-0.3, -0.25) is 0 Å². The minimum atomic E-state index is -5.18. The molecule has 0 fully saturated rings. The van der Waals surface area contributed by atoms with Crippen molar-refractivity contribution in [3.8, 4) is 5.75 Å². The second-order valence-corrected chi connectivity index (χ2v) is 9.59. The molecule has 0 aliphatic rings. The zero-order valence-corrected chi connectivity index (χ0v) is 19.4. The van der Waals surface area contributed by atoms with Gasteiger partial charge in [-0.1, -0.05) is 23.1 Å². The molecule has 4 aromatic carbocycles. The number of rotatable bonds is 3. The van der Waals surface area contributed by atoms with E-state index in [1.165, 1.54) is 18.2 Å². The van der Waals surface area contributed by atoms with Gasteiger partial charge in [0.25, 0.3) is 0 Å². The van der Waals surface area contributed by atoms with E-state index >= 15 is 0 Å². The first-order valence-corrected chi connectivity index (χ1v) is 11.3. The summed E-state index contributed by atoms with van der Waals surface area (Å²) in [5.41, 5.74) is 0. The topological polar surface area (TPSA) is 202 Å². The van der Waals surface area contributed by atoms with E-state index in [2.05, 4.69) is 0 Å². The number of phenolic OH excluding ortho intramolecular Hbond substituents is 1. The Morgan fingerprint density at radius 3 is 1.57 bits per heavy atom. The Bertz CT molecular complexity index is 1550. The Balaban J connectivity index is 0.00000160. The van der Waals surface area contributed by atoms with Crippen LogP contribution in [0.3, 0.4) is 0 Å². The van der Waals surface area contributed by atoms with E-state index in [4.69, 9.17) is 0 Å². The molecule has 4 N–H and O–H groups in total. The summed E-state index contributed by atoms with van der Waals surface area (Å²) in [6.07, 6.45) is 0. The molecule has 0 unspecified atom stereocenters. The maximum atomic E-state index is 11.7. The normalized spacial score (nSPS) is 12.4. The molecule has 0 spiro atoms. The molecule has 0 saturated heterocycles. The first-order valence-electron chi connectivity index (χ1n) is 7.40. The standard InChI is InChI=1S/C16H9O9S3.Na.H2O/c17-11-5-12(26(18)19)8-2-4-10-14(28(23,24)25)6-13(27(20,21)22)9-3-1-7(11)15(8)16(9)10;;/h1-6,17H,(H,20,21,22)(H,23,24,25);;1H2/q-1;+1;/p-1. The van der Waals surface area contributed by atoms with E-state index in [1.54, 1.807) is 0 Å². The molecule has 0 bridgehead atoms. The van der Waals surface area contributed by atoms with Crippen molar-refractivity contribution in [1.29, 1.82) is 0 Å². The van der Waals surface area contributed by atoms with Crippen LogP contribution in [-0.4, -0.2) is 31.0 Å². The monoisotopic (exact) mass is 481 g/mol. The van der Waals surface area contributed by atoms with Crippen LogP contribution in [0.1, 0.15) is 0 Å². The summed E-state index contributed by atoms with van der Waals surface area (Å²) in [5.74, 6) is -0.456. The average Bonchev–Trinajstić information content (AvgIpc) is 2.58. The van der Waals surface area contributed by atoms with Gasteiger partial charge in [0.1, 0.15) is 26.0 Å². The van der Waals surface area contributed by atoms with E-state index in [9.17, 15) is 39.5 Å². The van der Waals surface area contributed by atoms with Crippen LogP contribution < -0.4 is 29.6 Å². The molecule has 0 atom stereocenters. The SMILES string of the molecule is O=[S-](=O)c1cc(O)c2ccc3c(S(=O)(=O)[O-])cc(S(=O)(=O)[O-])c4ccc1c2c34.[Na+].[OH3+]. The van der Waals surface area contributed by atoms with Gasteiger partial charge in [-0.15, -0.1) is 0 Å². The van der Waals surface area contributed by atoms with Crippen LogP contribution in [0.4, 0.5) is 0 Å². The fourth-order valence-corrected chi connectivity index (χ4v) is 5.47. The summed E-state index contributed by atoms with van der Waals surface area (Å²) in [5, 5.41) is 9.87. The van der Waals surface area contributed by atoms with Crippen molar-refractivity contribution in [1.82, 2.24) is 0 Å². The first kappa shape index (κ1) is 24.7. The van der Waals surface area contributed by atoms with Crippen molar-refractivity contribution in [2.45, 2.75) is 14.7 Å². The van der Waals surface area contributed by atoms with Gasteiger partial charge in [0.2, 0.25) is 0 Å². The molecule has 0 aliphatic heterocycles. The number of hydrogen-bond acceptors (Lipinski definition) is 10. The maximum absolute atomic E-state index is 11.7. The van der Waals surface area contributed by atoms with E-state index in [0.29, 0.717) is 6.07 Å². The van der Waals surface area contributed by atoms with Gasteiger partial charge in [-0.05, 0) is 45.1 Å². The molecule has 14 heteroatoms. The minimum absolute atomic E-state index is 0. The molecule has 0 heterocycles. The van der Waals surface area contributed by atoms with Crippen LogP contribution in [0.25, 0.3) is 32.3 Å². The summed E-state index contributed by atoms with van der Waals surface area (Å²) < 4.78 is 93.3. The van der Waals surface area contributed by atoms with E-state index < -0.39 is 46.5 Å². The number of benzene rings is 4. The molecule has 4 rings (SSSR count). The molecule has 0 aliphatic carbocycles. The zero-order valence-electron chi connectivity index (χ0n) is 15.0. The summed E-state index contributed by atoms with van der Waals surface area (Å²) in [4.78, 5) is -2.18. The molecule has 30 heavy (non-hydrogen) atoms.